The number of anilines is 2. The molecule has 0 aliphatic carbocycles. The molecule has 1 aliphatic heterocycles. The molecule has 6 nitrogen and oxygen atoms in total. The Morgan fingerprint density at radius 2 is 2.05 bits per heavy atom. The van der Waals surface area contributed by atoms with Crippen molar-refractivity contribution in [3.05, 3.63) is 11.2 Å². The molecule has 1 aliphatic rings. The number of aromatic nitrogens is 2. The average molecular weight is 319 g/mol. The molecule has 0 atom stereocenters. The van der Waals surface area contributed by atoms with E-state index in [1.54, 1.807) is 6.07 Å². The molecule has 1 fully saturated rings. The number of rotatable bonds is 3. The van der Waals surface area contributed by atoms with Gasteiger partial charge in [0.25, 0.3) is 0 Å². The van der Waals surface area contributed by atoms with Crippen molar-refractivity contribution in [2.75, 3.05) is 29.5 Å². The number of halogens is 1. The predicted molar refractivity (Wildman–Crippen MR) is 80.8 cm³/mol. The molecule has 1 saturated heterocycles. The fraction of sp³-hybridized carbons (Fsp3) is 0.667. The summed E-state index contributed by atoms with van der Waals surface area (Å²) >= 11 is 5.89. The predicted octanol–water partition coefficient (Wildman–Crippen LogP) is 1.51. The quantitative estimate of drug-likeness (QED) is 0.850. The standard InChI is InChI=1S/C12H19ClN4O2S/c1-3-12(4-2)8-17(5-6-20(12,18)19)10-7-9(13)15-11(14)16-10/h7H,3-6,8H2,1-2H3,(H2,14,15,16). The van der Waals surface area contributed by atoms with Gasteiger partial charge in [0.2, 0.25) is 5.95 Å². The number of nitrogens with two attached hydrogens (primary N) is 1. The van der Waals surface area contributed by atoms with E-state index in [1.807, 2.05) is 18.7 Å². The van der Waals surface area contributed by atoms with E-state index in [0.717, 1.165) is 0 Å². The van der Waals surface area contributed by atoms with Gasteiger partial charge in [0, 0.05) is 19.2 Å². The van der Waals surface area contributed by atoms with Gasteiger partial charge in [-0.25, -0.2) is 13.4 Å². The molecule has 2 heterocycles. The van der Waals surface area contributed by atoms with Crippen molar-refractivity contribution >= 4 is 33.2 Å². The minimum Gasteiger partial charge on any atom is -0.368 e. The molecule has 0 saturated carbocycles. The van der Waals surface area contributed by atoms with Crippen LogP contribution in [0.5, 0.6) is 0 Å². The number of hydrogen-bond donors (Lipinski definition) is 1. The van der Waals surface area contributed by atoms with Crippen LogP contribution in [0.2, 0.25) is 5.15 Å². The summed E-state index contributed by atoms with van der Waals surface area (Å²) in [6.07, 6.45) is 1.16. The third kappa shape index (κ3) is 2.56. The van der Waals surface area contributed by atoms with E-state index in [-0.39, 0.29) is 16.9 Å². The fourth-order valence-corrected chi connectivity index (χ4v) is 4.98. The Kier molecular flexibility index (Phi) is 4.11. The summed E-state index contributed by atoms with van der Waals surface area (Å²) in [5.74, 6) is 0.805. The van der Waals surface area contributed by atoms with E-state index >= 15 is 0 Å². The lowest BCUT2D eigenvalue weighted by Crippen LogP contribution is -2.56. The Labute approximate surface area is 124 Å². The molecule has 1 aromatic rings. The molecule has 0 radical (unpaired) electrons. The van der Waals surface area contributed by atoms with Crippen molar-refractivity contribution in [1.82, 2.24) is 9.97 Å². The van der Waals surface area contributed by atoms with Crippen molar-refractivity contribution in [3.63, 3.8) is 0 Å². The summed E-state index contributed by atoms with van der Waals surface area (Å²) in [4.78, 5) is 9.90. The molecule has 112 valence electrons. The molecule has 0 unspecified atom stereocenters. The minimum absolute atomic E-state index is 0.0968. The van der Waals surface area contributed by atoms with Gasteiger partial charge in [0.15, 0.2) is 9.84 Å². The van der Waals surface area contributed by atoms with Gasteiger partial charge in [-0.15, -0.1) is 0 Å². The van der Waals surface area contributed by atoms with Crippen LogP contribution in [0.3, 0.4) is 0 Å². The first-order chi connectivity index (χ1) is 9.33. The molecule has 0 spiro atoms. The van der Waals surface area contributed by atoms with Crippen LogP contribution < -0.4 is 10.6 Å². The zero-order valence-corrected chi connectivity index (χ0v) is 13.2. The maximum atomic E-state index is 12.4. The second kappa shape index (κ2) is 5.37. The summed E-state index contributed by atoms with van der Waals surface area (Å²) in [6, 6.07) is 1.62. The van der Waals surface area contributed by atoms with Crippen LogP contribution in [0, 0.1) is 0 Å². The second-order valence-electron chi connectivity index (χ2n) is 5.04. The lowest BCUT2D eigenvalue weighted by atomic mass is 10.0. The first kappa shape index (κ1) is 15.3. The highest BCUT2D eigenvalue weighted by Crippen LogP contribution is 2.33. The van der Waals surface area contributed by atoms with Crippen LogP contribution >= 0.6 is 11.6 Å². The van der Waals surface area contributed by atoms with Crippen LogP contribution in [0.25, 0.3) is 0 Å². The summed E-state index contributed by atoms with van der Waals surface area (Å²) in [5, 5.41) is 0.263. The zero-order chi connectivity index (χ0) is 15.0. The third-order valence-electron chi connectivity index (χ3n) is 4.08. The van der Waals surface area contributed by atoms with Crippen molar-refractivity contribution in [1.29, 1.82) is 0 Å². The first-order valence-corrected chi connectivity index (χ1v) is 8.64. The SMILES string of the molecule is CCC1(CC)CN(c2cc(Cl)nc(N)n2)CCS1(=O)=O. The molecular weight excluding hydrogens is 300 g/mol. The molecule has 1 aromatic heterocycles. The Morgan fingerprint density at radius 1 is 1.40 bits per heavy atom. The molecular formula is C12H19ClN4O2S. The normalized spacial score (nSPS) is 20.9. The fourth-order valence-electron chi connectivity index (χ4n) is 2.67. The Balaban J connectivity index is 2.37. The highest BCUT2D eigenvalue weighted by Gasteiger charge is 2.45. The van der Waals surface area contributed by atoms with Crippen molar-refractivity contribution in [2.45, 2.75) is 31.4 Å². The van der Waals surface area contributed by atoms with Crippen LogP contribution in [-0.4, -0.2) is 42.0 Å². The van der Waals surface area contributed by atoms with Crippen molar-refractivity contribution < 1.29 is 8.42 Å². The number of nitrogen functional groups attached to an aromatic ring is 1. The maximum Gasteiger partial charge on any atom is 0.223 e. The van der Waals surface area contributed by atoms with Crippen molar-refractivity contribution in [2.24, 2.45) is 0 Å². The van der Waals surface area contributed by atoms with E-state index in [1.165, 1.54) is 0 Å². The van der Waals surface area contributed by atoms with Crippen LogP contribution in [0.15, 0.2) is 6.07 Å². The minimum atomic E-state index is -3.10. The molecule has 0 aromatic carbocycles. The van der Waals surface area contributed by atoms with Crippen LogP contribution in [-0.2, 0) is 9.84 Å². The topological polar surface area (TPSA) is 89.2 Å². The van der Waals surface area contributed by atoms with E-state index < -0.39 is 14.6 Å². The number of nitrogens with zero attached hydrogens (tertiary/aromatic N) is 3. The number of sulfone groups is 1. The summed E-state index contributed by atoms with van der Waals surface area (Å²) in [6.45, 7) is 4.63. The lowest BCUT2D eigenvalue weighted by Gasteiger charge is -2.41. The third-order valence-corrected chi connectivity index (χ3v) is 7.02. The molecule has 20 heavy (non-hydrogen) atoms. The van der Waals surface area contributed by atoms with E-state index in [4.69, 9.17) is 17.3 Å². The molecule has 2 N–H and O–H groups in total. The summed E-state index contributed by atoms with van der Waals surface area (Å²) < 4.78 is 24.0. The smallest absolute Gasteiger partial charge is 0.223 e. The molecule has 8 heteroatoms. The largest absolute Gasteiger partial charge is 0.368 e. The lowest BCUT2D eigenvalue weighted by molar-refractivity contribution is 0.457. The van der Waals surface area contributed by atoms with Gasteiger partial charge in [-0.1, -0.05) is 25.4 Å². The second-order valence-corrected chi connectivity index (χ2v) is 7.93. The Hall–Kier alpha value is -1.08. The Morgan fingerprint density at radius 3 is 2.60 bits per heavy atom. The van der Waals surface area contributed by atoms with Gasteiger partial charge in [-0.3, -0.25) is 0 Å². The molecule has 0 amide bonds. The average Bonchev–Trinajstić information content (AvgIpc) is 2.37. The van der Waals surface area contributed by atoms with Gasteiger partial charge in [-0.05, 0) is 12.8 Å². The summed E-state index contributed by atoms with van der Waals surface area (Å²) in [5.41, 5.74) is 5.60. The van der Waals surface area contributed by atoms with Crippen molar-refractivity contribution in [3.8, 4) is 0 Å². The highest BCUT2D eigenvalue weighted by atomic mass is 35.5. The van der Waals surface area contributed by atoms with E-state index in [0.29, 0.717) is 31.7 Å². The van der Waals surface area contributed by atoms with E-state index in [9.17, 15) is 8.42 Å². The van der Waals surface area contributed by atoms with Crippen LogP contribution in [0.1, 0.15) is 26.7 Å². The maximum absolute atomic E-state index is 12.4. The van der Waals surface area contributed by atoms with Gasteiger partial charge in [0.1, 0.15) is 11.0 Å². The van der Waals surface area contributed by atoms with Gasteiger partial charge in [-0.2, -0.15) is 4.98 Å². The molecule has 0 bridgehead atoms. The van der Waals surface area contributed by atoms with Gasteiger partial charge in [0.05, 0.1) is 10.5 Å². The zero-order valence-electron chi connectivity index (χ0n) is 11.6. The van der Waals surface area contributed by atoms with Gasteiger partial charge >= 0.3 is 0 Å². The van der Waals surface area contributed by atoms with E-state index in [2.05, 4.69) is 9.97 Å². The first-order valence-electron chi connectivity index (χ1n) is 6.61. The van der Waals surface area contributed by atoms with Crippen LogP contribution in [0.4, 0.5) is 11.8 Å². The molecule has 2 rings (SSSR count). The monoisotopic (exact) mass is 318 g/mol. The van der Waals surface area contributed by atoms with Gasteiger partial charge < -0.3 is 10.6 Å². The highest BCUT2D eigenvalue weighted by molar-refractivity contribution is 7.92. The Bertz CT molecular complexity index is 581. The summed E-state index contributed by atoms with van der Waals surface area (Å²) in [7, 11) is -3.10. The number of hydrogen-bond acceptors (Lipinski definition) is 6.